The molecular formula is C12H14N2S. The molecule has 0 fully saturated rings. The fourth-order valence-corrected chi connectivity index (χ4v) is 2.26. The third kappa shape index (κ3) is 2.36. The van der Waals surface area contributed by atoms with Gasteiger partial charge in [0.2, 0.25) is 0 Å². The SMILES string of the molecule is C/C=C/CCNc1nccc2sccc12. The van der Waals surface area contributed by atoms with Gasteiger partial charge in [-0.25, -0.2) is 4.98 Å². The average molecular weight is 218 g/mol. The number of aromatic nitrogens is 1. The largest absolute Gasteiger partial charge is 0.369 e. The molecule has 2 heterocycles. The molecule has 0 spiro atoms. The summed E-state index contributed by atoms with van der Waals surface area (Å²) in [5.74, 6) is 0.998. The van der Waals surface area contributed by atoms with Gasteiger partial charge in [-0.15, -0.1) is 11.3 Å². The van der Waals surface area contributed by atoms with Crippen LogP contribution >= 0.6 is 11.3 Å². The average Bonchev–Trinajstić information content (AvgIpc) is 2.73. The van der Waals surface area contributed by atoms with Crippen LogP contribution < -0.4 is 5.32 Å². The summed E-state index contributed by atoms with van der Waals surface area (Å²) >= 11 is 1.75. The molecule has 0 saturated carbocycles. The van der Waals surface area contributed by atoms with Crippen LogP contribution in [-0.4, -0.2) is 11.5 Å². The lowest BCUT2D eigenvalue weighted by Gasteiger charge is -2.04. The molecular weight excluding hydrogens is 204 g/mol. The Morgan fingerprint density at radius 1 is 1.47 bits per heavy atom. The van der Waals surface area contributed by atoms with Crippen molar-refractivity contribution in [2.24, 2.45) is 0 Å². The quantitative estimate of drug-likeness (QED) is 0.625. The number of fused-ring (bicyclic) bond motifs is 1. The van der Waals surface area contributed by atoms with Crippen LogP contribution in [-0.2, 0) is 0 Å². The summed E-state index contributed by atoms with van der Waals surface area (Å²) < 4.78 is 1.29. The Labute approximate surface area is 93.7 Å². The summed E-state index contributed by atoms with van der Waals surface area (Å²) in [7, 11) is 0. The molecule has 0 bridgehead atoms. The highest BCUT2D eigenvalue weighted by atomic mass is 32.1. The van der Waals surface area contributed by atoms with E-state index in [9.17, 15) is 0 Å². The molecule has 15 heavy (non-hydrogen) atoms. The number of rotatable bonds is 4. The van der Waals surface area contributed by atoms with E-state index >= 15 is 0 Å². The van der Waals surface area contributed by atoms with Crippen LogP contribution in [0.5, 0.6) is 0 Å². The molecule has 0 aliphatic carbocycles. The molecule has 0 amide bonds. The van der Waals surface area contributed by atoms with Crippen molar-refractivity contribution < 1.29 is 0 Å². The number of pyridine rings is 1. The third-order valence-corrected chi connectivity index (χ3v) is 3.10. The highest BCUT2D eigenvalue weighted by Gasteiger charge is 2.01. The Kier molecular flexibility index (Phi) is 3.35. The van der Waals surface area contributed by atoms with E-state index in [1.807, 2.05) is 13.1 Å². The Morgan fingerprint density at radius 2 is 2.40 bits per heavy atom. The maximum absolute atomic E-state index is 4.35. The number of nitrogens with zero attached hydrogens (tertiary/aromatic N) is 1. The first-order valence-corrected chi connectivity index (χ1v) is 5.97. The highest BCUT2D eigenvalue weighted by molar-refractivity contribution is 7.17. The number of nitrogens with one attached hydrogen (secondary N) is 1. The lowest BCUT2D eigenvalue weighted by atomic mass is 10.3. The van der Waals surface area contributed by atoms with Crippen LogP contribution in [0.4, 0.5) is 5.82 Å². The Bertz CT molecular complexity index is 459. The van der Waals surface area contributed by atoms with Gasteiger partial charge in [-0.2, -0.15) is 0 Å². The van der Waals surface area contributed by atoms with E-state index in [2.05, 4.69) is 40.0 Å². The maximum Gasteiger partial charge on any atom is 0.134 e. The molecule has 0 atom stereocenters. The zero-order chi connectivity index (χ0) is 10.5. The summed E-state index contributed by atoms with van der Waals surface area (Å²) in [4.78, 5) is 4.35. The van der Waals surface area contributed by atoms with Gasteiger partial charge in [-0.3, -0.25) is 0 Å². The standard InChI is InChI=1S/C12H14N2S/c1-2-3-4-7-13-12-10-6-9-15-11(10)5-8-14-12/h2-3,5-6,8-9H,4,7H2,1H3,(H,13,14)/b3-2+. The normalized spacial score (nSPS) is 11.3. The fraction of sp³-hybridized carbons (Fsp3) is 0.250. The Balaban J connectivity index is 2.10. The van der Waals surface area contributed by atoms with Crippen molar-refractivity contribution >= 4 is 27.2 Å². The third-order valence-electron chi connectivity index (χ3n) is 2.22. The van der Waals surface area contributed by atoms with E-state index in [1.54, 1.807) is 11.3 Å². The zero-order valence-corrected chi connectivity index (χ0v) is 9.55. The second-order valence-electron chi connectivity index (χ2n) is 3.28. The fourth-order valence-electron chi connectivity index (χ4n) is 1.48. The molecule has 3 heteroatoms. The van der Waals surface area contributed by atoms with Crippen LogP contribution in [0.3, 0.4) is 0 Å². The first kappa shape index (κ1) is 10.2. The number of anilines is 1. The predicted octanol–water partition coefficient (Wildman–Crippen LogP) is 3.67. The zero-order valence-electron chi connectivity index (χ0n) is 8.73. The van der Waals surface area contributed by atoms with E-state index in [1.165, 1.54) is 10.1 Å². The lowest BCUT2D eigenvalue weighted by Crippen LogP contribution is -2.01. The maximum atomic E-state index is 4.35. The van der Waals surface area contributed by atoms with Gasteiger partial charge in [0.15, 0.2) is 0 Å². The van der Waals surface area contributed by atoms with E-state index in [-0.39, 0.29) is 0 Å². The number of allylic oxidation sites excluding steroid dienone is 1. The van der Waals surface area contributed by atoms with Crippen LogP contribution in [0.1, 0.15) is 13.3 Å². The number of thiophene rings is 1. The van der Waals surface area contributed by atoms with Gasteiger partial charge in [0.05, 0.1) is 0 Å². The molecule has 0 aliphatic rings. The first-order valence-electron chi connectivity index (χ1n) is 5.09. The van der Waals surface area contributed by atoms with Gasteiger partial charge in [0.1, 0.15) is 5.82 Å². The van der Waals surface area contributed by atoms with Crippen LogP contribution in [0.2, 0.25) is 0 Å². The van der Waals surface area contributed by atoms with Crippen molar-refractivity contribution in [2.75, 3.05) is 11.9 Å². The molecule has 0 unspecified atom stereocenters. The molecule has 0 aromatic carbocycles. The topological polar surface area (TPSA) is 24.9 Å². The van der Waals surface area contributed by atoms with Crippen molar-refractivity contribution in [3.8, 4) is 0 Å². The smallest absolute Gasteiger partial charge is 0.134 e. The van der Waals surface area contributed by atoms with Gasteiger partial charge < -0.3 is 5.32 Å². The van der Waals surface area contributed by atoms with Gasteiger partial charge in [-0.05, 0) is 30.9 Å². The molecule has 0 radical (unpaired) electrons. The highest BCUT2D eigenvalue weighted by Crippen LogP contribution is 2.25. The lowest BCUT2D eigenvalue weighted by molar-refractivity contribution is 1.05. The minimum absolute atomic E-state index is 0.937. The summed E-state index contributed by atoms with van der Waals surface area (Å²) in [6.07, 6.45) is 7.12. The predicted molar refractivity (Wildman–Crippen MR) is 67.5 cm³/mol. The molecule has 2 aromatic heterocycles. The van der Waals surface area contributed by atoms with Gasteiger partial charge >= 0.3 is 0 Å². The number of hydrogen-bond acceptors (Lipinski definition) is 3. The van der Waals surface area contributed by atoms with Gasteiger partial charge in [-0.1, -0.05) is 12.2 Å². The van der Waals surface area contributed by atoms with Crippen molar-refractivity contribution in [2.45, 2.75) is 13.3 Å². The molecule has 1 N–H and O–H groups in total. The second-order valence-corrected chi connectivity index (χ2v) is 4.22. The van der Waals surface area contributed by atoms with Crippen molar-refractivity contribution in [3.05, 3.63) is 35.9 Å². The van der Waals surface area contributed by atoms with E-state index in [0.717, 1.165) is 18.8 Å². The van der Waals surface area contributed by atoms with Crippen LogP contribution in [0.25, 0.3) is 10.1 Å². The molecule has 2 rings (SSSR count). The van der Waals surface area contributed by atoms with E-state index < -0.39 is 0 Å². The van der Waals surface area contributed by atoms with Gasteiger partial charge in [0, 0.05) is 22.8 Å². The van der Waals surface area contributed by atoms with E-state index in [4.69, 9.17) is 0 Å². The van der Waals surface area contributed by atoms with Crippen LogP contribution in [0.15, 0.2) is 35.9 Å². The minimum atomic E-state index is 0.937. The van der Waals surface area contributed by atoms with Crippen molar-refractivity contribution in [1.82, 2.24) is 4.98 Å². The van der Waals surface area contributed by atoms with Gasteiger partial charge in [0.25, 0.3) is 0 Å². The summed E-state index contributed by atoms with van der Waals surface area (Å²) in [5.41, 5.74) is 0. The van der Waals surface area contributed by atoms with E-state index in [0.29, 0.717) is 0 Å². The first-order chi connectivity index (χ1) is 7.42. The Hall–Kier alpha value is -1.35. The Morgan fingerprint density at radius 3 is 3.27 bits per heavy atom. The summed E-state index contributed by atoms with van der Waals surface area (Å²) in [6.45, 7) is 2.98. The molecule has 0 aliphatic heterocycles. The molecule has 0 saturated heterocycles. The minimum Gasteiger partial charge on any atom is -0.369 e. The molecule has 2 aromatic rings. The second kappa shape index (κ2) is 4.94. The number of hydrogen-bond donors (Lipinski definition) is 1. The summed E-state index contributed by atoms with van der Waals surface area (Å²) in [6, 6.07) is 4.17. The van der Waals surface area contributed by atoms with Crippen molar-refractivity contribution in [3.63, 3.8) is 0 Å². The molecule has 78 valence electrons. The monoisotopic (exact) mass is 218 g/mol. The van der Waals surface area contributed by atoms with Crippen molar-refractivity contribution in [1.29, 1.82) is 0 Å². The molecule has 2 nitrogen and oxygen atoms in total. The summed E-state index contributed by atoms with van der Waals surface area (Å²) in [5, 5.41) is 6.68. The van der Waals surface area contributed by atoms with Crippen LogP contribution in [0, 0.1) is 0 Å².